The van der Waals surface area contributed by atoms with Gasteiger partial charge in [0.05, 0.1) is 0 Å². The molecule has 0 fully saturated rings. The summed E-state index contributed by atoms with van der Waals surface area (Å²) in [6.45, 7) is 3.48. The molecule has 9 heavy (non-hydrogen) atoms. The minimum Gasteiger partial charge on any atom is -0.321 e. The van der Waals surface area contributed by atoms with Crippen molar-refractivity contribution in [1.82, 2.24) is 10.4 Å². The van der Waals surface area contributed by atoms with Gasteiger partial charge in [-0.2, -0.15) is 5.10 Å². The predicted octanol–water partition coefficient (Wildman–Crippen LogP) is -0.489. The fourth-order valence-electron chi connectivity index (χ4n) is 0.356. The molecule has 0 atom stereocenters. The quantitative estimate of drug-likeness (QED) is 0.228. The van der Waals surface area contributed by atoms with Gasteiger partial charge in [0.1, 0.15) is 0 Å². The molecule has 3 N–H and O–H groups in total. The van der Waals surface area contributed by atoms with Crippen LogP contribution in [0, 0.1) is 0 Å². The van der Waals surface area contributed by atoms with E-state index in [9.17, 15) is 0 Å². The third-order valence-electron chi connectivity index (χ3n) is 0.671. The van der Waals surface area contributed by atoms with E-state index in [0.717, 1.165) is 0 Å². The van der Waals surface area contributed by atoms with E-state index >= 15 is 0 Å². The molecule has 0 aliphatic rings. The van der Waals surface area contributed by atoms with Crippen LogP contribution in [0.2, 0.25) is 0 Å². The minimum atomic E-state index is 0.556. The first kappa shape index (κ1) is 7.97. The van der Waals surface area contributed by atoms with E-state index in [4.69, 9.17) is 5.84 Å². The first-order valence-corrected chi connectivity index (χ1v) is 2.55. The number of rotatable bonds is 2. The minimum absolute atomic E-state index is 0.556. The van der Waals surface area contributed by atoms with Crippen LogP contribution >= 0.6 is 0 Å². The van der Waals surface area contributed by atoms with Crippen LogP contribution in [0.3, 0.4) is 0 Å². The first-order valence-electron chi connectivity index (χ1n) is 2.55. The van der Waals surface area contributed by atoms with Crippen LogP contribution in [0.15, 0.2) is 17.8 Å². The van der Waals surface area contributed by atoms with Gasteiger partial charge in [-0.3, -0.25) is 0 Å². The second-order valence-corrected chi connectivity index (χ2v) is 1.72. The Bertz CT molecular complexity index is 116. The summed E-state index contributed by atoms with van der Waals surface area (Å²) in [4.78, 5) is 0. The van der Waals surface area contributed by atoms with Gasteiger partial charge < -0.3 is 11.3 Å². The third kappa shape index (κ3) is 3.54. The van der Waals surface area contributed by atoms with Crippen LogP contribution in [0.5, 0.6) is 0 Å². The van der Waals surface area contributed by atoms with E-state index in [2.05, 4.69) is 17.1 Å². The Kier molecular flexibility index (Phi) is 3.46. The van der Waals surface area contributed by atoms with Crippen molar-refractivity contribution in [3.8, 4) is 0 Å². The predicted molar refractivity (Wildman–Crippen MR) is 38.6 cm³/mol. The summed E-state index contributed by atoms with van der Waals surface area (Å²) >= 11 is 0. The van der Waals surface area contributed by atoms with Gasteiger partial charge in [0, 0.05) is 14.1 Å². The van der Waals surface area contributed by atoms with Crippen LogP contribution in [0.25, 0.3) is 0 Å². The van der Waals surface area contributed by atoms with E-state index in [1.54, 1.807) is 11.1 Å². The molecule has 0 amide bonds. The highest BCUT2D eigenvalue weighted by atomic mass is 15.5. The molecule has 0 bridgehead atoms. The van der Waals surface area contributed by atoms with Gasteiger partial charge in [0.2, 0.25) is 0 Å². The summed E-state index contributed by atoms with van der Waals surface area (Å²) in [5, 5.41) is 5.12. The lowest BCUT2D eigenvalue weighted by atomic mass is 10.6. The van der Waals surface area contributed by atoms with Crippen molar-refractivity contribution in [3.63, 3.8) is 0 Å². The molecule has 0 aromatic carbocycles. The maximum atomic E-state index is 4.96. The summed E-state index contributed by atoms with van der Waals surface area (Å²) in [6, 6.07) is 0. The Balaban J connectivity index is 3.71. The fourth-order valence-corrected chi connectivity index (χ4v) is 0.356. The van der Waals surface area contributed by atoms with Crippen LogP contribution < -0.4 is 11.3 Å². The highest BCUT2D eigenvalue weighted by Crippen LogP contribution is 1.71. The molecule has 0 spiro atoms. The topological polar surface area (TPSA) is 53.6 Å². The zero-order valence-electron chi connectivity index (χ0n) is 5.76. The van der Waals surface area contributed by atoms with E-state index < -0.39 is 0 Å². The molecule has 4 nitrogen and oxygen atoms in total. The number of amidine groups is 1. The van der Waals surface area contributed by atoms with Crippen molar-refractivity contribution in [2.24, 2.45) is 10.9 Å². The van der Waals surface area contributed by atoms with Crippen LogP contribution in [-0.4, -0.2) is 24.9 Å². The van der Waals surface area contributed by atoms with Crippen molar-refractivity contribution < 1.29 is 0 Å². The van der Waals surface area contributed by atoms with Gasteiger partial charge >= 0.3 is 0 Å². The van der Waals surface area contributed by atoms with Crippen molar-refractivity contribution >= 4 is 5.84 Å². The molecule has 0 aromatic heterocycles. The molecular formula is C5H12N4. The number of hydrazone groups is 1. The maximum absolute atomic E-state index is 4.96. The number of hydrogen-bond donors (Lipinski definition) is 2. The molecule has 0 aliphatic carbocycles. The molecule has 0 aliphatic heterocycles. The van der Waals surface area contributed by atoms with E-state index in [1.807, 2.05) is 14.1 Å². The molecule has 0 aromatic rings. The smallest absolute Gasteiger partial charge is 0.159 e. The van der Waals surface area contributed by atoms with Crippen molar-refractivity contribution in [3.05, 3.63) is 12.7 Å². The van der Waals surface area contributed by atoms with Crippen molar-refractivity contribution in [2.75, 3.05) is 14.1 Å². The molecule has 0 unspecified atom stereocenters. The second kappa shape index (κ2) is 3.91. The normalized spacial score (nSPS) is 11.7. The zero-order valence-corrected chi connectivity index (χ0v) is 5.76. The lowest BCUT2D eigenvalue weighted by molar-refractivity contribution is 0.363. The zero-order chi connectivity index (χ0) is 7.28. The number of hydrazine groups is 1. The molecule has 0 rings (SSSR count). The lowest BCUT2D eigenvalue weighted by Crippen LogP contribution is -2.35. The molecular weight excluding hydrogens is 116 g/mol. The average molecular weight is 128 g/mol. The summed E-state index contributed by atoms with van der Waals surface area (Å²) in [5.74, 6) is 5.51. The average Bonchev–Trinajstić information content (AvgIpc) is 1.82. The fraction of sp³-hybridized carbons (Fsp3) is 0.400. The Hall–Kier alpha value is -1.03. The molecule has 0 saturated carbocycles. The van der Waals surface area contributed by atoms with Gasteiger partial charge in [-0.25, -0.2) is 5.01 Å². The van der Waals surface area contributed by atoms with E-state index in [0.29, 0.717) is 5.84 Å². The van der Waals surface area contributed by atoms with Crippen LogP contribution in [0.1, 0.15) is 0 Å². The monoisotopic (exact) mass is 128 g/mol. The number of nitrogens with one attached hydrogen (secondary N) is 1. The summed E-state index contributed by atoms with van der Waals surface area (Å²) in [5.41, 5.74) is 2.82. The largest absolute Gasteiger partial charge is 0.321 e. The summed E-state index contributed by atoms with van der Waals surface area (Å²) in [7, 11) is 3.68. The molecule has 52 valence electrons. The Morgan fingerprint density at radius 2 is 2.33 bits per heavy atom. The Morgan fingerprint density at radius 1 is 1.78 bits per heavy atom. The highest BCUT2D eigenvalue weighted by molar-refractivity contribution is 5.91. The summed E-state index contributed by atoms with van der Waals surface area (Å²) < 4.78 is 0. The van der Waals surface area contributed by atoms with Gasteiger partial charge in [-0.05, 0) is 6.08 Å². The number of hydrogen-bond acceptors (Lipinski definition) is 3. The Labute approximate surface area is 55.0 Å². The first-order chi connectivity index (χ1) is 4.20. The molecule has 0 saturated heterocycles. The molecule has 4 heteroatoms. The van der Waals surface area contributed by atoms with Gasteiger partial charge in [0.25, 0.3) is 0 Å². The van der Waals surface area contributed by atoms with Crippen LogP contribution in [0.4, 0.5) is 0 Å². The van der Waals surface area contributed by atoms with Crippen LogP contribution in [-0.2, 0) is 0 Å². The second-order valence-electron chi connectivity index (χ2n) is 1.72. The summed E-state index contributed by atoms with van der Waals surface area (Å²) in [6.07, 6.45) is 1.54. The van der Waals surface area contributed by atoms with Gasteiger partial charge in [-0.1, -0.05) is 6.58 Å². The Morgan fingerprint density at radius 3 is 2.44 bits per heavy atom. The number of nitrogens with two attached hydrogens (primary N) is 1. The molecule has 0 radical (unpaired) electrons. The van der Waals surface area contributed by atoms with Gasteiger partial charge in [-0.15, -0.1) is 0 Å². The highest BCUT2D eigenvalue weighted by Gasteiger charge is 1.89. The number of nitrogens with zero attached hydrogens (tertiary/aromatic N) is 2. The standard InChI is InChI=1S/C5H12N4/c1-4-5(7-6)8-9(2)3/h4H,1,6H2,2-3H3,(H,7,8). The van der Waals surface area contributed by atoms with Crippen molar-refractivity contribution in [2.45, 2.75) is 0 Å². The lowest BCUT2D eigenvalue weighted by Gasteiger charge is -2.11. The SMILES string of the molecule is C=C/C(=N/N)NN(C)C. The van der Waals surface area contributed by atoms with E-state index in [-0.39, 0.29) is 0 Å². The maximum Gasteiger partial charge on any atom is 0.159 e. The van der Waals surface area contributed by atoms with E-state index in [1.165, 1.54) is 0 Å². The third-order valence-corrected chi connectivity index (χ3v) is 0.671. The van der Waals surface area contributed by atoms with Crippen molar-refractivity contribution in [1.29, 1.82) is 0 Å². The van der Waals surface area contributed by atoms with Gasteiger partial charge in [0.15, 0.2) is 5.84 Å². The molecule has 0 heterocycles.